The Kier molecular flexibility index (Phi) is 5.09. The summed E-state index contributed by atoms with van der Waals surface area (Å²) in [6, 6.07) is 17.5. The Morgan fingerprint density at radius 1 is 1.17 bits per heavy atom. The second-order valence-corrected chi connectivity index (χ2v) is 6.37. The summed E-state index contributed by atoms with van der Waals surface area (Å²) in [5.74, 6) is 5.96. The number of benzene rings is 2. The average molecular weight is 335 g/mol. The third kappa shape index (κ3) is 4.12. The molecule has 120 valence electrons. The maximum atomic E-state index is 12.1. The molecule has 1 aromatic heterocycles. The Labute approximate surface area is 145 Å². The van der Waals surface area contributed by atoms with E-state index in [4.69, 9.17) is 0 Å². The predicted octanol–water partition coefficient (Wildman–Crippen LogP) is 3.49. The maximum absolute atomic E-state index is 12.1. The topological polar surface area (TPSA) is 45.2 Å². The molecular weight excluding hydrogens is 318 g/mol. The van der Waals surface area contributed by atoms with Crippen molar-refractivity contribution < 1.29 is 4.79 Å². The first kappa shape index (κ1) is 16.0. The van der Waals surface area contributed by atoms with E-state index in [-0.39, 0.29) is 6.03 Å². The summed E-state index contributed by atoms with van der Waals surface area (Å²) in [6.45, 7) is 0.801. The predicted molar refractivity (Wildman–Crippen MR) is 97.8 cm³/mol. The molecule has 0 bridgehead atoms. The van der Waals surface area contributed by atoms with Crippen LogP contribution in [0.25, 0.3) is 10.2 Å². The normalized spacial score (nSPS) is 10.0. The average Bonchev–Trinajstić information content (AvgIpc) is 3.01. The van der Waals surface area contributed by atoms with Gasteiger partial charge in [0, 0.05) is 12.6 Å². The first-order valence-electron chi connectivity index (χ1n) is 7.60. The summed E-state index contributed by atoms with van der Waals surface area (Å²) in [6.07, 6.45) is 0. The smallest absolute Gasteiger partial charge is 0.318 e. The van der Waals surface area contributed by atoms with Gasteiger partial charge in [-0.25, -0.2) is 9.78 Å². The third-order valence-electron chi connectivity index (χ3n) is 3.39. The lowest BCUT2D eigenvalue weighted by atomic mass is 10.2. The quantitative estimate of drug-likeness (QED) is 0.745. The van der Waals surface area contributed by atoms with E-state index in [0.717, 1.165) is 20.8 Å². The van der Waals surface area contributed by atoms with Crippen LogP contribution in [0.15, 0.2) is 54.6 Å². The van der Waals surface area contributed by atoms with Gasteiger partial charge in [-0.1, -0.05) is 42.2 Å². The first-order chi connectivity index (χ1) is 11.7. The second kappa shape index (κ2) is 7.62. The van der Waals surface area contributed by atoms with E-state index >= 15 is 0 Å². The highest BCUT2D eigenvalue weighted by Gasteiger charge is 2.11. The number of nitrogens with one attached hydrogen (secondary N) is 1. The van der Waals surface area contributed by atoms with Gasteiger partial charge >= 0.3 is 6.03 Å². The van der Waals surface area contributed by atoms with Crippen LogP contribution in [-0.2, 0) is 6.54 Å². The number of nitrogens with zero attached hydrogens (tertiary/aromatic N) is 2. The van der Waals surface area contributed by atoms with E-state index in [0.29, 0.717) is 13.1 Å². The summed E-state index contributed by atoms with van der Waals surface area (Å²) in [7, 11) is 1.76. The van der Waals surface area contributed by atoms with E-state index < -0.39 is 0 Å². The van der Waals surface area contributed by atoms with Crippen molar-refractivity contribution >= 4 is 27.6 Å². The van der Waals surface area contributed by atoms with Gasteiger partial charge in [0.1, 0.15) is 5.01 Å². The van der Waals surface area contributed by atoms with Crippen molar-refractivity contribution in [2.75, 3.05) is 13.6 Å². The number of carbonyl (C=O) groups excluding carboxylic acids is 1. The monoisotopic (exact) mass is 335 g/mol. The number of aromatic nitrogens is 1. The van der Waals surface area contributed by atoms with Crippen molar-refractivity contribution in [2.24, 2.45) is 0 Å². The second-order valence-electron chi connectivity index (χ2n) is 5.26. The number of carbonyl (C=O) groups is 1. The molecule has 0 fully saturated rings. The molecular formula is C19H17N3OS. The van der Waals surface area contributed by atoms with Crippen LogP contribution in [0.4, 0.5) is 4.79 Å². The number of hydrogen-bond acceptors (Lipinski definition) is 3. The Morgan fingerprint density at radius 3 is 2.71 bits per heavy atom. The molecule has 3 rings (SSSR count). The zero-order valence-corrected chi connectivity index (χ0v) is 14.1. The molecule has 0 aliphatic rings. The third-order valence-corrected chi connectivity index (χ3v) is 4.41. The molecule has 0 aliphatic carbocycles. The van der Waals surface area contributed by atoms with E-state index in [1.165, 1.54) is 0 Å². The minimum Gasteiger partial charge on any atom is -0.327 e. The lowest BCUT2D eigenvalue weighted by Crippen LogP contribution is -2.36. The lowest BCUT2D eigenvalue weighted by molar-refractivity contribution is 0.208. The van der Waals surface area contributed by atoms with Gasteiger partial charge in [0.2, 0.25) is 0 Å². The summed E-state index contributed by atoms with van der Waals surface area (Å²) < 4.78 is 1.13. The largest absolute Gasteiger partial charge is 0.327 e. The molecule has 0 aliphatic heterocycles. The van der Waals surface area contributed by atoms with Crippen molar-refractivity contribution in [3.05, 3.63) is 65.2 Å². The fraction of sp³-hybridized carbons (Fsp3) is 0.158. The molecule has 1 N–H and O–H groups in total. The number of fused-ring (bicyclic) bond motifs is 1. The van der Waals surface area contributed by atoms with Crippen LogP contribution in [0.3, 0.4) is 0 Å². The number of amides is 2. The van der Waals surface area contributed by atoms with Gasteiger partial charge in [0.25, 0.3) is 0 Å². The van der Waals surface area contributed by atoms with Crippen LogP contribution >= 0.6 is 11.3 Å². The van der Waals surface area contributed by atoms with Gasteiger partial charge in [-0.15, -0.1) is 11.3 Å². The maximum Gasteiger partial charge on any atom is 0.318 e. The highest BCUT2D eigenvalue weighted by molar-refractivity contribution is 7.18. The van der Waals surface area contributed by atoms with Gasteiger partial charge in [-0.2, -0.15) is 0 Å². The zero-order valence-electron chi connectivity index (χ0n) is 13.3. The minimum atomic E-state index is -0.156. The van der Waals surface area contributed by atoms with Crippen LogP contribution in [-0.4, -0.2) is 29.5 Å². The Bertz CT molecular complexity index is 860. The van der Waals surface area contributed by atoms with Crippen LogP contribution in [0.5, 0.6) is 0 Å². The lowest BCUT2D eigenvalue weighted by Gasteiger charge is -2.15. The van der Waals surface area contributed by atoms with E-state index in [2.05, 4.69) is 22.1 Å². The molecule has 0 spiro atoms. The van der Waals surface area contributed by atoms with Crippen LogP contribution in [0.1, 0.15) is 10.6 Å². The fourth-order valence-corrected chi connectivity index (χ4v) is 3.21. The van der Waals surface area contributed by atoms with Gasteiger partial charge in [0.05, 0.1) is 23.3 Å². The molecule has 0 unspecified atom stereocenters. The van der Waals surface area contributed by atoms with Crippen LogP contribution in [0, 0.1) is 11.8 Å². The number of rotatable bonds is 3. The Morgan fingerprint density at radius 2 is 1.92 bits per heavy atom. The van der Waals surface area contributed by atoms with Crippen molar-refractivity contribution in [2.45, 2.75) is 6.54 Å². The van der Waals surface area contributed by atoms with E-state index in [1.807, 2.05) is 54.6 Å². The molecule has 1 heterocycles. The summed E-state index contributed by atoms with van der Waals surface area (Å²) in [4.78, 5) is 18.3. The number of thiazole rings is 1. The summed E-state index contributed by atoms with van der Waals surface area (Å²) in [5, 5.41) is 3.72. The van der Waals surface area contributed by atoms with Gasteiger partial charge in [0.15, 0.2) is 0 Å². The molecule has 0 saturated heterocycles. The van der Waals surface area contributed by atoms with Gasteiger partial charge < -0.3 is 10.2 Å². The number of hydrogen-bond donors (Lipinski definition) is 1. The molecule has 4 nitrogen and oxygen atoms in total. The molecule has 24 heavy (non-hydrogen) atoms. The van der Waals surface area contributed by atoms with Crippen LogP contribution in [0.2, 0.25) is 0 Å². The van der Waals surface area contributed by atoms with Gasteiger partial charge in [-0.3, -0.25) is 0 Å². The molecule has 0 atom stereocenters. The van der Waals surface area contributed by atoms with Crippen molar-refractivity contribution in [1.82, 2.24) is 15.2 Å². The van der Waals surface area contributed by atoms with Crippen molar-refractivity contribution in [1.29, 1.82) is 0 Å². The molecule has 2 aromatic carbocycles. The number of urea groups is 1. The molecule has 0 radical (unpaired) electrons. The van der Waals surface area contributed by atoms with Crippen molar-refractivity contribution in [3.63, 3.8) is 0 Å². The first-order valence-corrected chi connectivity index (χ1v) is 8.41. The SMILES string of the molecule is CN(Cc1nc2ccccc2s1)C(=O)NCC#Cc1ccccc1. The summed E-state index contributed by atoms with van der Waals surface area (Å²) >= 11 is 1.61. The Balaban J connectivity index is 1.52. The number of para-hydroxylation sites is 1. The molecule has 5 heteroatoms. The van der Waals surface area contributed by atoms with E-state index in [1.54, 1.807) is 23.3 Å². The standard InChI is InChI=1S/C19H17N3OS/c1-22(14-18-21-16-11-5-6-12-17(16)24-18)19(23)20-13-7-10-15-8-3-2-4-9-15/h2-6,8-9,11-12H,13-14H2,1H3,(H,20,23). The van der Waals surface area contributed by atoms with Crippen molar-refractivity contribution in [3.8, 4) is 11.8 Å². The van der Waals surface area contributed by atoms with Gasteiger partial charge in [-0.05, 0) is 24.3 Å². The Hall–Kier alpha value is -2.84. The van der Waals surface area contributed by atoms with Crippen LogP contribution < -0.4 is 5.32 Å². The summed E-state index contributed by atoms with van der Waals surface area (Å²) in [5.41, 5.74) is 1.91. The minimum absolute atomic E-state index is 0.156. The van der Waals surface area contributed by atoms with E-state index in [9.17, 15) is 4.79 Å². The molecule has 3 aromatic rings. The highest BCUT2D eigenvalue weighted by Crippen LogP contribution is 2.22. The fourth-order valence-electron chi connectivity index (χ4n) is 2.18. The molecule has 0 saturated carbocycles. The molecule has 2 amide bonds. The zero-order chi connectivity index (χ0) is 16.8. The highest BCUT2D eigenvalue weighted by atomic mass is 32.1.